The Morgan fingerprint density at radius 2 is 2.11 bits per heavy atom. The highest BCUT2D eigenvalue weighted by Crippen LogP contribution is 2.42. The molecule has 19 heavy (non-hydrogen) atoms. The molecule has 1 heterocycles. The van der Waals surface area contributed by atoms with Gasteiger partial charge in [-0.15, -0.1) is 0 Å². The van der Waals surface area contributed by atoms with Crippen LogP contribution >= 0.6 is 11.8 Å². The lowest BCUT2D eigenvalue weighted by Gasteiger charge is -2.32. The standard InChI is InChI=1S/C15H19FN2S/c1-19-15(6-2-3-7-15)10-18-9-11-4-5-12(16)8-13(11)14(18)17/h4-5,8,17H,2-3,6-7,9-10H2,1H3. The van der Waals surface area contributed by atoms with Gasteiger partial charge in [-0.05, 0) is 36.8 Å². The van der Waals surface area contributed by atoms with E-state index in [9.17, 15) is 4.39 Å². The second-order valence-corrected chi connectivity index (χ2v) is 6.87. The van der Waals surface area contributed by atoms with Gasteiger partial charge in [0.25, 0.3) is 0 Å². The van der Waals surface area contributed by atoms with Crippen molar-refractivity contribution in [1.29, 1.82) is 5.41 Å². The fourth-order valence-corrected chi connectivity index (χ4v) is 4.27. The minimum atomic E-state index is -0.245. The van der Waals surface area contributed by atoms with Gasteiger partial charge in [-0.3, -0.25) is 5.41 Å². The van der Waals surface area contributed by atoms with E-state index in [0.717, 1.165) is 24.2 Å². The number of fused-ring (bicyclic) bond motifs is 1. The molecule has 0 spiro atoms. The number of thioether (sulfide) groups is 1. The van der Waals surface area contributed by atoms with Gasteiger partial charge in [0, 0.05) is 23.4 Å². The third-order valence-electron chi connectivity index (χ3n) is 4.43. The molecule has 3 rings (SSSR count). The van der Waals surface area contributed by atoms with E-state index in [4.69, 9.17) is 5.41 Å². The molecule has 0 atom stereocenters. The molecule has 1 aliphatic heterocycles. The molecular formula is C15H19FN2S. The number of nitrogens with one attached hydrogen (secondary N) is 1. The van der Waals surface area contributed by atoms with Crippen molar-refractivity contribution < 1.29 is 4.39 Å². The number of rotatable bonds is 3. The van der Waals surface area contributed by atoms with Crippen LogP contribution in [-0.2, 0) is 6.54 Å². The first-order valence-electron chi connectivity index (χ1n) is 6.81. The third kappa shape index (κ3) is 2.27. The van der Waals surface area contributed by atoms with Crippen LogP contribution in [0.1, 0.15) is 36.8 Å². The molecule has 102 valence electrons. The van der Waals surface area contributed by atoms with Crippen molar-refractivity contribution in [3.05, 3.63) is 35.1 Å². The highest BCUT2D eigenvalue weighted by molar-refractivity contribution is 8.00. The molecule has 2 nitrogen and oxygen atoms in total. The number of nitrogens with zero attached hydrogens (tertiary/aromatic N) is 1. The summed E-state index contributed by atoms with van der Waals surface area (Å²) in [5, 5.41) is 8.26. The smallest absolute Gasteiger partial charge is 0.128 e. The SMILES string of the molecule is CSC1(CN2Cc3ccc(F)cc3C2=N)CCCC1. The van der Waals surface area contributed by atoms with Crippen LogP contribution in [0.5, 0.6) is 0 Å². The van der Waals surface area contributed by atoms with E-state index in [-0.39, 0.29) is 5.82 Å². The molecule has 1 fully saturated rings. The van der Waals surface area contributed by atoms with Crippen LogP contribution in [0.4, 0.5) is 4.39 Å². The summed E-state index contributed by atoms with van der Waals surface area (Å²) in [6.07, 6.45) is 7.25. The first kappa shape index (κ1) is 13.0. The number of halogens is 1. The molecular weight excluding hydrogens is 259 g/mol. The van der Waals surface area contributed by atoms with Crippen LogP contribution in [0.2, 0.25) is 0 Å². The molecule has 1 aliphatic carbocycles. The maximum absolute atomic E-state index is 13.3. The van der Waals surface area contributed by atoms with E-state index in [0.29, 0.717) is 10.6 Å². The van der Waals surface area contributed by atoms with E-state index in [1.165, 1.54) is 37.8 Å². The van der Waals surface area contributed by atoms with E-state index in [2.05, 4.69) is 11.2 Å². The number of hydrogen-bond acceptors (Lipinski definition) is 2. The summed E-state index contributed by atoms with van der Waals surface area (Å²) in [5.41, 5.74) is 1.86. The van der Waals surface area contributed by atoms with Gasteiger partial charge in [0.2, 0.25) is 0 Å². The lowest BCUT2D eigenvalue weighted by atomic mass is 10.1. The fraction of sp³-hybridized carbons (Fsp3) is 0.533. The predicted molar refractivity (Wildman–Crippen MR) is 78.4 cm³/mol. The highest BCUT2D eigenvalue weighted by atomic mass is 32.2. The molecule has 4 heteroatoms. The predicted octanol–water partition coefficient (Wildman–Crippen LogP) is 3.64. The summed E-state index contributed by atoms with van der Waals surface area (Å²) in [6.45, 7) is 1.68. The lowest BCUT2D eigenvalue weighted by Crippen LogP contribution is -2.38. The van der Waals surface area contributed by atoms with Gasteiger partial charge in [0.15, 0.2) is 0 Å². The van der Waals surface area contributed by atoms with Crippen molar-refractivity contribution in [2.45, 2.75) is 37.0 Å². The van der Waals surface area contributed by atoms with Crippen molar-refractivity contribution in [2.75, 3.05) is 12.8 Å². The third-order valence-corrected chi connectivity index (χ3v) is 5.83. The average Bonchev–Trinajstić information content (AvgIpc) is 2.98. The van der Waals surface area contributed by atoms with E-state index >= 15 is 0 Å². The maximum atomic E-state index is 13.3. The van der Waals surface area contributed by atoms with Gasteiger partial charge in [-0.2, -0.15) is 11.8 Å². The van der Waals surface area contributed by atoms with Crippen LogP contribution in [0.15, 0.2) is 18.2 Å². The first-order chi connectivity index (χ1) is 9.13. The van der Waals surface area contributed by atoms with E-state index in [1.807, 2.05) is 17.8 Å². The van der Waals surface area contributed by atoms with Gasteiger partial charge in [0.1, 0.15) is 11.7 Å². The quantitative estimate of drug-likeness (QED) is 0.914. The average molecular weight is 278 g/mol. The maximum Gasteiger partial charge on any atom is 0.128 e. The Morgan fingerprint density at radius 1 is 1.37 bits per heavy atom. The summed E-state index contributed by atoms with van der Waals surface area (Å²) in [5.74, 6) is 0.251. The topological polar surface area (TPSA) is 27.1 Å². The monoisotopic (exact) mass is 278 g/mol. The Morgan fingerprint density at radius 3 is 2.79 bits per heavy atom. The van der Waals surface area contributed by atoms with Crippen molar-refractivity contribution in [3.8, 4) is 0 Å². The molecule has 1 aromatic carbocycles. The number of amidine groups is 1. The summed E-state index contributed by atoms with van der Waals surface area (Å²) >= 11 is 1.94. The molecule has 0 aromatic heterocycles. The Hall–Kier alpha value is -1.03. The Bertz CT molecular complexity index is 509. The van der Waals surface area contributed by atoms with E-state index in [1.54, 1.807) is 0 Å². The zero-order valence-corrected chi connectivity index (χ0v) is 12.0. The molecule has 2 aliphatic rings. The van der Waals surface area contributed by atoms with Crippen molar-refractivity contribution in [3.63, 3.8) is 0 Å². The van der Waals surface area contributed by atoms with Crippen molar-refractivity contribution in [2.24, 2.45) is 0 Å². The molecule has 0 saturated heterocycles. The zero-order valence-electron chi connectivity index (χ0n) is 11.2. The molecule has 0 unspecified atom stereocenters. The summed E-state index contributed by atoms with van der Waals surface area (Å²) in [6, 6.07) is 4.81. The van der Waals surface area contributed by atoms with Crippen LogP contribution in [0.3, 0.4) is 0 Å². The Kier molecular flexibility index (Phi) is 3.29. The lowest BCUT2D eigenvalue weighted by molar-refractivity contribution is 0.369. The largest absolute Gasteiger partial charge is 0.351 e. The Balaban J connectivity index is 1.80. The van der Waals surface area contributed by atoms with Crippen LogP contribution in [-0.4, -0.2) is 28.3 Å². The van der Waals surface area contributed by atoms with Gasteiger partial charge in [-0.1, -0.05) is 18.9 Å². The van der Waals surface area contributed by atoms with E-state index < -0.39 is 0 Å². The molecule has 0 bridgehead atoms. The van der Waals surface area contributed by atoms with Crippen LogP contribution < -0.4 is 0 Å². The van der Waals surface area contributed by atoms with Gasteiger partial charge < -0.3 is 4.90 Å². The molecule has 1 aromatic rings. The van der Waals surface area contributed by atoms with Gasteiger partial charge in [0.05, 0.1) is 0 Å². The number of benzene rings is 1. The summed E-state index contributed by atoms with van der Waals surface area (Å²) in [4.78, 5) is 2.12. The van der Waals surface area contributed by atoms with Crippen molar-refractivity contribution in [1.82, 2.24) is 4.90 Å². The van der Waals surface area contributed by atoms with Crippen LogP contribution in [0, 0.1) is 11.2 Å². The van der Waals surface area contributed by atoms with Crippen molar-refractivity contribution >= 4 is 17.6 Å². The zero-order chi connectivity index (χ0) is 13.5. The van der Waals surface area contributed by atoms with Gasteiger partial charge >= 0.3 is 0 Å². The first-order valence-corrected chi connectivity index (χ1v) is 8.03. The summed E-state index contributed by atoms with van der Waals surface area (Å²) < 4.78 is 13.6. The highest BCUT2D eigenvalue weighted by Gasteiger charge is 2.37. The normalized spacial score (nSPS) is 20.9. The molecule has 0 amide bonds. The second kappa shape index (κ2) is 4.82. The molecule has 1 N–H and O–H groups in total. The minimum absolute atomic E-state index is 0.245. The van der Waals surface area contributed by atoms with Gasteiger partial charge in [-0.25, -0.2) is 4.39 Å². The van der Waals surface area contributed by atoms with Crippen LogP contribution in [0.25, 0.3) is 0 Å². The fourth-order valence-electron chi connectivity index (χ4n) is 3.29. The molecule has 0 radical (unpaired) electrons. The second-order valence-electron chi connectivity index (χ2n) is 5.60. The number of hydrogen-bond donors (Lipinski definition) is 1. The molecule has 1 saturated carbocycles. The minimum Gasteiger partial charge on any atom is -0.351 e. The Labute approximate surface area is 117 Å². The summed E-state index contributed by atoms with van der Waals surface area (Å²) in [7, 11) is 0.